The fourth-order valence-electron chi connectivity index (χ4n) is 3.31. The molecule has 0 aromatic heterocycles. The van der Waals surface area contributed by atoms with Gasteiger partial charge in [0.1, 0.15) is 0 Å². The van der Waals surface area contributed by atoms with Crippen LogP contribution < -0.4 is 0 Å². The molecule has 2 nitrogen and oxygen atoms in total. The topological polar surface area (TPSA) is 6.48 Å². The predicted octanol–water partition coefficient (Wildman–Crippen LogP) is 3.21. The molecule has 2 unspecified atom stereocenters. The van der Waals surface area contributed by atoms with Crippen molar-refractivity contribution in [2.45, 2.75) is 46.1 Å². The summed E-state index contributed by atoms with van der Waals surface area (Å²) in [6, 6.07) is 0.850. The highest BCUT2D eigenvalue weighted by Crippen LogP contribution is 2.29. The summed E-state index contributed by atoms with van der Waals surface area (Å²) in [4.78, 5) is 5.45. The van der Waals surface area contributed by atoms with E-state index in [1.807, 2.05) is 0 Å². The molecule has 0 N–H and O–H groups in total. The van der Waals surface area contributed by atoms with Gasteiger partial charge in [-0.05, 0) is 50.2 Å². The van der Waals surface area contributed by atoms with Crippen LogP contribution in [-0.4, -0.2) is 53.9 Å². The smallest absolute Gasteiger partial charge is 0.0223 e. The lowest BCUT2D eigenvalue weighted by atomic mass is 9.81. The quantitative estimate of drug-likeness (QED) is 0.738. The standard InChI is InChI=1S/C15H29BrN2/c1-15(2,3)13(10-16)11-17-7-5-9-18-8-4-6-14(18)12-17/h13-14H,4-12H2,1-3H3. The Morgan fingerprint density at radius 1 is 1.17 bits per heavy atom. The highest BCUT2D eigenvalue weighted by Gasteiger charge is 2.31. The third-order valence-corrected chi connectivity index (χ3v) is 5.56. The van der Waals surface area contributed by atoms with Crippen molar-refractivity contribution in [2.24, 2.45) is 11.3 Å². The van der Waals surface area contributed by atoms with Crippen LogP contribution in [0.25, 0.3) is 0 Å². The first-order valence-corrected chi connectivity index (χ1v) is 8.65. The van der Waals surface area contributed by atoms with Gasteiger partial charge in [-0.3, -0.25) is 4.90 Å². The molecule has 0 spiro atoms. The molecule has 0 aromatic carbocycles. The van der Waals surface area contributed by atoms with Crippen molar-refractivity contribution in [1.82, 2.24) is 9.80 Å². The molecule has 0 amide bonds. The van der Waals surface area contributed by atoms with Crippen molar-refractivity contribution in [3.05, 3.63) is 0 Å². The fraction of sp³-hybridized carbons (Fsp3) is 1.00. The summed E-state index contributed by atoms with van der Waals surface area (Å²) in [5, 5.41) is 1.13. The van der Waals surface area contributed by atoms with Crippen LogP contribution in [0.5, 0.6) is 0 Å². The van der Waals surface area contributed by atoms with Crippen LogP contribution in [0, 0.1) is 11.3 Å². The maximum absolute atomic E-state index is 3.72. The summed E-state index contributed by atoms with van der Waals surface area (Å²) >= 11 is 3.72. The number of halogens is 1. The molecule has 2 aliphatic heterocycles. The maximum Gasteiger partial charge on any atom is 0.0223 e. The van der Waals surface area contributed by atoms with E-state index in [2.05, 4.69) is 46.5 Å². The number of hydrogen-bond acceptors (Lipinski definition) is 2. The minimum absolute atomic E-state index is 0.408. The van der Waals surface area contributed by atoms with E-state index in [0.29, 0.717) is 5.41 Å². The maximum atomic E-state index is 3.72. The summed E-state index contributed by atoms with van der Waals surface area (Å²) < 4.78 is 0. The van der Waals surface area contributed by atoms with E-state index in [-0.39, 0.29) is 0 Å². The van der Waals surface area contributed by atoms with Gasteiger partial charge in [0.05, 0.1) is 0 Å². The van der Waals surface area contributed by atoms with Crippen LogP contribution in [0.1, 0.15) is 40.0 Å². The van der Waals surface area contributed by atoms with Crippen LogP contribution in [-0.2, 0) is 0 Å². The van der Waals surface area contributed by atoms with Gasteiger partial charge in [0.2, 0.25) is 0 Å². The highest BCUT2D eigenvalue weighted by atomic mass is 79.9. The third kappa shape index (κ3) is 3.71. The van der Waals surface area contributed by atoms with Gasteiger partial charge in [0.15, 0.2) is 0 Å². The normalized spacial score (nSPS) is 29.0. The van der Waals surface area contributed by atoms with Crippen molar-refractivity contribution < 1.29 is 0 Å². The van der Waals surface area contributed by atoms with Crippen molar-refractivity contribution in [1.29, 1.82) is 0 Å². The molecule has 106 valence electrons. The van der Waals surface area contributed by atoms with E-state index >= 15 is 0 Å². The molecule has 3 heteroatoms. The lowest BCUT2D eigenvalue weighted by molar-refractivity contribution is 0.153. The van der Waals surface area contributed by atoms with Crippen LogP contribution in [0.4, 0.5) is 0 Å². The zero-order valence-corrected chi connectivity index (χ0v) is 13.9. The van der Waals surface area contributed by atoms with E-state index in [4.69, 9.17) is 0 Å². The Morgan fingerprint density at radius 3 is 2.56 bits per heavy atom. The number of nitrogens with zero attached hydrogens (tertiary/aromatic N) is 2. The zero-order valence-electron chi connectivity index (χ0n) is 12.3. The molecule has 2 saturated heterocycles. The molecule has 2 fully saturated rings. The largest absolute Gasteiger partial charge is 0.301 e. The van der Waals surface area contributed by atoms with Gasteiger partial charge in [-0.2, -0.15) is 0 Å². The van der Waals surface area contributed by atoms with E-state index < -0.39 is 0 Å². The van der Waals surface area contributed by atoms with Gasteiger partial charge >= 0.3 is 0 Å². The average molecular weight is 317 g/mol. The van der Waals surface area contributed by atoms with Crippen LogP contribution >= 0.6 is 15.9 Å². The Labute approximate surface area is 121 Å². The molecule has 0 radical (unpaired) electrons. The molecule has 0 aliphatic carbocycles. The monoisotopic (exact) mass is 316 g/mol. The molecule has 18 heavy (non-hydrogen) atoms. The highest BCUT2D eigenvalue weighted by molar-refractivity contribution is 9.09. The van der Waals surface area contributed by atoms with Crippen LogP contribution in [0.2, 0.25) is 0 Å². The first-order chi connectivity index (χ1) is 8.50. The molecule has 0 bridgehead atoms. The first-order valence-electron chi connectivity index (χ1n) is 7.53. The Hall–Kier alpha value is 0.400. The molecule has 2 atom stereocenters. The minimum Gasteiger partial charge on any atom is -0.301 e. The van der Waals surface area contributed by atoms with Crippen LogP contribution in [0.15, 0.2) is 0 Å². The molecule has 2 aliphatic rings. The summed E-state index contributed by atoms with van der Waals surface area (Å²) in [5.74, 6) is 0.755. The van der Waals surface area contributed by atoms with Gasteiger partial charge < -0.3 is 4.90 Å². The van der Waals surface area contributed by atoms with Crippen molar-refractivity contribution >= 4 is 15.9 Å². The second-order valence-corrected chi connectivity index (χ2v) is 7.81. The van der Waals surface area contributed by atoms with Gasteiger partial charge in [0.25, 0.3) is 0 Å². The van der Waals surface area contributed by atoms with Crippen LogP contribution in [0.3, 0.4) is 0 Å². The number of fused-ring (bicyclic) bond motifs is 1. The summed E-state index contributed by atoms with van der Waals surface area (Å²) in [6.45, 7) is 13.7. The van der Waals surface area contributed by atoms with Crippen molar-refractivity contribution in [3.8, 4) is 0 Å². The zero-order chi connectivity index (χ0) is 13.2. The average Bonchev–Trinajstić information content (AvgIpc) is 2.63. The number of alkyl halides is 1. The molecule has 2 heterocycles. The number of hydrogen-bond donors (Lipinski definition) is 0. The Bertz CT molecular complexity index is 262. The molecule has 0 saturated carbocycles. The fourth-order valence-corrected chi connectivity index (χ4v) is 4.49. The number of rotatable bonds is 3. The Kier molecular flexibility index (Phi) is 5.13. The summed E-state index contributed by atoms with van der Waals surface area (Å²) in [7, 11) is 0. The van der Waals surface area contributed by atoms with Gasteiger partial charge in [-0.25, -0.2) is 0 Å². The minimum atomic E-state index is 0.408. The third-order valence-electron chi connectivity index (χ3n) is 4.78. The predicted molar refractivity (Wildman–Crippen MR) is 82.4 cm³/mol. The second kappa shape index (κ2) is 6.23. The van der Waals surface area contributed by atoms with E-state index in [1.54, 1.807) is 0 Å². The van der Waals surface area contributed by atoms with E-state index in [1.165, 1.54) is 52.0 Å². The van der Waals surface area contributed by atoms with E-state index in [9.17, 15) is 0 Å². The summed E-state index contributed by atoms with van der Waals surface area (Å²) in [5.41, 5.74) is 0.408. The van der Waals surface area contributed by atoms with Crippen molar-refractivity contribution in [3.63, 3.8) is 0 Å². The molecular formula is C15H29BrN2. The lowest BCUT2D eigenvalue weighted by Crippen LogP contribution is -2.41. The lowest BCUT2D eigenvalue weighted by Gasteiger charge is -2.35. The van der Waals surface area contributed by atoms with Gasteiger partial charge in [-0.15, -0.1) is 0 Å². The Morgan fingerprint density at radius 2 is 1.89 bits per heavy atom. The summed E-state index contributed by atoms with van der Waals surface area (Å²) in [6.07, 6.45) is 4.19. The van der Waals surface area contributed by atoms with Gasteiger partial charge in [0, 0.05) is 24.5 Å². The molecular weight excluding hydrogens is 288 g/mol. The Balaban J connectivity index is 1.92. The van der Waals surface area contributed by atoms with Gasteiger partial charge in [-0.1, -0.05) is 36.7 Å². The first kappa shape index (κ1) is 14.8. The molecule has 0 aromatic rings. The SMILES string of the molecule is CC(C)(C)C(CBr)CN1CCCN2CCCC2C1. The van der Waals surface area contributed by atoms with Crippen molar-refractivity contribution in [2.75, 3.05) is 38.1 Å². The second-order valence-electron chi connectivity index (χ2n) is 7.16. The van der Waals surface area contributed by atoms with E-state index in [0.717, 1.165) is 17.3 Å². The molecule has 2 rings (SSSR count).